The number of halogens is 1. The van der Waals surface area contributed by atoms with E-state index < -0.39 is 5.95 Å². The Hall–Kier alpha value is -1.49. The molecule has 0 N–H and O–H groups in total. The van der Waals surface area contributed by atoms with Crippen molar-refractivity contribution in [2.45, 2.75) is 12.8 Å². The standard InChI is InChI=1S/C13H17FN2O2/c1-18-9-10-4-3-7-16(8-10)13(17)11-5-2-6-15-12(11)14/h2,5-6,10H,3-4,7-9H2,1H3. The van der Waals surface area contributed by atoms with Gasteiger partial charge in [0.1, 0.15) is 0 Å². The smallest absolute Gasteiger partial charge is 0.258 e. The van der Waals surface area contributed by atoms with Gasteiger partial charge in [-0.15, -0.1) is 0 Å². The number of nitrogens with zero attached hydrogens (tertiary/aromatic N) is 2. The van der Waals surface area contributed by atoms with Crippen LogP contribution in [0.25, 0.3) is 0 Å². The lowest BCUT2D eigenvalue weighted by Crippen LogP contribution is -2.41. The minimum atomic E-state index is -0.698. The van der Waals surface area contributed by atoms with Crippen LogP contribution in [0, 0.1) is 11.9 Å². The molecule has 2 rings (SSSR count). The van der Waals surface area contributed by atoms with Crippen LogP contribution in [0.3, 0.4) is 0 Å². The molecule has 0 bridgehead atoms. The van der Waals surface area contributed by atoms with Crippen molar-refractivity contribution >= 4 is 5.91 Å². The van der Waals surface area contributed by atoms with E-state index in [1.54, 1.807) is 18.1 Å². The highest BCUT2D eigenvalue weighted by Crippen LogP contribution is 2.19. The average molecular weight is 252 g/mol. The number of carbonyl (C=O) groups excluding carboxylic acids is 1. The second kappa shape index (κ2) is 5.91. The molecular weight excluding hydrogens is 235 g/mol. The molecule has 1 aliphatic heterocycles. The zero-order valence-corrected chi connectivity index (χ0v) is 10.4. The predicted octanol–water partition coefficient (Wildman–Crippen LogP) is 1.72. The Balaban J connectivity index is 2.07. The zero-order chi connectivity index (χ0) is 13.0. The van der Waals surface area contributed by atoms with Crippen molar-refractivity contribution in [1.82, 2.24) is 9.88 Å². The van der Waals surface area contributed by atoms with Gasteiger partial charge in [-0.2, -0.15) is 4.39 Å². The van der Waals surface area contributed by atoms with E-state index in [0.717, 1.165) is 12.8 Å². The van der Waals surface area contributed by atoms with Crippen LogP contribution in [-0.2, 0) is 4.74 Å². The maximum absolute atomic E-state index is 13.5. The Morgan fingerprint density at radius 1 is 1.67 bits per heavy atom. The normalized spacial score (nSPS) is 19.9. The van der Waals surface area contributed by atoms with E-state index in [1.807, 2.05) is 0 Å². The number of hydrogen-bond donors (Lipinski definition) is 0. The van der Waals surface area contributed by atoms with Gasteiger partial charge in [-0.3, -0.25) is 4.79 Å². The molecule has 1 atom stereocenters. The highest BCUT2D eigenvalue weighted by Gasteiger charge is 2.26. The van der Waals surface area contributed by atoms with E-state index in [1.165, 1.54) is 12.3 Å². The topological polar surface area (TPSA) is 42.4 Å². The van der Waals surface area contributed by atoms with Crippen molar-refractivity contribution in [1.29, 1.82) is 0 Å². The third-order valence-corrected chi connectivity index (χ3v) is 3.20. The van der Waals surface area contributed by atoms with Crippen LogP contribution in [0.5, 0.6) is 0 Å². The number of amides is 1. The molecule has 1 amide bonds. The van der Waals surface area contributed by atoms with Gasteiger partial charge >= 0.3 is 0 Å². The minimum absolute atomic E-state index is 0.0515. The number of rotatable bonds is 3. The lowest BCUT2D eigenvalue weighted by Gasteiger charge is -2.32. The molecular formula is C13H17FN2O2. The van der Waals surface area contributed by atoms with Crippen molar-refractivity contribution < 1.29 is 13.9 Å². The van der Waals surface area contributed by atoms with Gasteiger partial charge in [0.15, 0.2) is 0 Å². The molecule has 1 unspecified atom stereocenters. The first-order valence-corrected chi connectivity index (χ1v) is 6.11. The summed E-state index contributed by atoms with van der Waals surface area (Å²) in [6, 6.07) is 3.05. The van der Waals surface area contributed by atoms with Crippen molar-refractivity contribution in [3.05, 3.63) is 29.8 Å². The van der Waals surface area contributed by atoms with Gasteiger partial charge in [0, 0.05) is 26.4 Å². The van der Waals surface area contributed by atoms with E-state index >= 15 is 0 Å². The molecule has 0 aliphatic carbocycles. The number of likely N-dealkylation sites (tertiary alicyclic amines) is 1. The van der Waals surface area contributed by atoms with Gasteiger partial charge < -0.3 is 9.64 Å². The van der Waals surface area contributed by atoms with Crippen LogP contribution in [0.1, 0.15) is 23.2 Å². The SMILES string of the molecule is COCC1CCCN(C(=O)c2cccnc2F)C1. The van der Waals surface area contributed by atoms with E-state index in [4.69, 9.17) is 4.74 Å². The maximum Gasteiger partial charge on any atom is 0.258 e. The highest BCUT2D eigenvalue weighted by molar-refractivity contribution is 5.94. The summed E-state index contributed by atoms with van der Waals surface area (Å²) < 4.78 is 18.6. The molecule has 1 saturated heterocycles. The van der Waals surface area contributed by atoms with E-state index in [0.29, 0.717) is 25.6 Å². The van der Waals surface area contributed by atoms with E-state index in [9.17, 15) is 9.18 Å². The fourth-order valence-electron chi connectivity index (χ4n) is 2.34. The second-order valence-corrected chi connectivity index (χ2v) is 4.56. The van der Waals surface area contributed by atoms with E-state index in [-0.39, 0.29) is 11.5 Å². The van der Waals surface area contributed by atoms with Crippen LogP contribution in [0.15, 0.2) is 18.3 Å². The Morgan fingerprint density at radius 2 is 2.50 bits per heavy atom. The number of piperidine rings is 1. The molecule has 0 spiro atoms. The molecule has 1 aromatic heterocycles. The summed E-state index contributed by atoms with van der Waals surface area (Å²) in [6.07, 6.45) is 3.32. The first-order valence-electron chi connectivity index (χ1n) is 6.11. The van der Waals surface area contributed by atoms with Gasteiger partial charge in [0.2, 0.25) is 5.95 Å². The molecule has 18 heavy (non-hydrogen) atoms. The van der Waals surface area contributed by atoms with E-state index in [2.05, 4.69) is 4.98 Å². The van der Waals surface area contributed by atoms with Crippen LogP contribution in [-0.4, -0.2) is 42.6 Å². The molecule has 0 aromatic carbocycles. The summed E-state index contributed by atoms with van der Waals surface area (Å²) in [6.45, 7) is 1.94. The van der Waals surface area contributed by atoms with Gasteiger partial charge in [-0.05, 0) is 30.9 Å². The monoisotopic (exact) mass is 252 g/mol. The van der Waals surface area contributed by atoms with Crippen molar-refractivity contribution in [2.75, 3.05) is 26.8 Å². The largest absolute Gasteiger partial charge is 0.384 e. The van der Waals surface area contributed by atoms with Crippen LogP contribution < -0.4 is 0 Å². The number of aromatic nitrogens is 1. The summed E-state index contributed by atoms with van der Waals surface area (Å²) >= 11 is 0. The number of pyridine rings is 1. The molecule has 2 heterocycles. The number of hydrogen-bond acceptors (Lipinski definition) is 3. The lowest BCUT2D eigenvalue weighted by atomic mass is 9.98. The predicted molar refractivity (Wildman–Crippen MR) is 64.7 cm³/mol. The molecule has 4 nitrogen and oxygen atoms in total. The molecule has 1 aromatic rings. The Bertz CT molecular complexity index is 423. The fourth-order valence-corrected chi connectivity index (χ4v) is 2.34. The summed E-state index contributed by atoms with van der Waals surface area (Å²) in [5.41, 5.74) is 0.0515. The highest BCUT2D eigenvalue weighted by atomic mass is 19.1. The molecule has 5 heteroatoms. The van der Waals surface area contributed by atoms with Gasteiger partial charge in [-0.25, -0.2) is 4.98 Å². The molecule has 1 aliphatic rings. The van der Waals surface area contributed by atoms with Crippen LogP contribution in [0.4, 0.5) is 4.39 Å². The van der Waals surface area contributed by atoms with Crippen molar-refractivity contribution in [3.63, 3.8) is 0 Å². The average Bonchev–Trinajstić information content (AvgIpc) is 2.39. The van der Waals surface area contributed by atoms with Crippen molar-refractivity contribution in [2.24, 2.45) is 5.92 Å². The van der Waals surface area contributed by atoms with Gasteiger partial charge in [0.05, 0.1) is 12.2 Å². The fraction of sp³-hybridized carbons (Fsp3) is 0.538. The van der Waals surface area contributed by atoms with Gasteiger partial charge in [0.25, 0.3) is 5.91 Å². The quantitative estimate of drug-likeness (QED) is 0.769. The number of carbonyl (C=O) groups is 1. The van der Waals surface area contributed by atoms with Gasteiger partial charge in [-0.1, -0.05) is 0 Å². The third-order valence-electron chi connectivity index (χ3n) is 3.20. The summed E-state index contributed by atoms with van der Waals surface area (Å²) in [5, 5.41) is 0. The molecule has 0 saturated carbocycles. The second-order valence-electron chi connectivity index (χ2n) is 4.56. The Kier molecular flexibility index (Phi) is 4.25. The summed E-state index contributed by atoms with van der Waals surface area (Å²) in [5.74, 6) is -0.634. The summed E-state index contributed by atoms with van der Waals surface area (Å²) in [7, 11) is 1.65. The zero-order valence-electron chi connectivity index (χ0n) is 10.4. The number of methoxy groups -OCH3 is 1. The van der Waals surface area contributed by atoms with Crippen LogP contribution >= 0.6 is 0 Å². The molecule has 98 valence electrons. The first kappa shape index (κ1) is 13.0. The third kappa shape index (κ3) is 2.85. The van der Waals surface area contributed by atoms with Crippen molar-refractivity contribution in [3.8, 4) is 0 Å². The number of ether oxygens (including phenoxy) is 1. The minimum Gasteiger partial charge on any atom is -0.384 e. The maximum atomic E-state index is 13.5. The van der Waals surface area contributed by atoms with Crippen LogP contribution in [0.2, 0.25) is 0 Å². The summed E-state index contributed by atoms with van der Waals surface area (Å²) in [4.78, 5) is 17.4. The Morgan fingerprint density at radius 3 is 3.22 bits per heavy atom. The molecule has 0 radical (unpaired) electrons. The first-order chi connectivity index (χ1) is 8.72. The Labute approximate surface area is 106 Å². The lowest BCUT2D eigenvalue weighted by molar-refractivity contribution is 0.0566. The molecule has 1 fully saturated rings.